The van der Waals surface area contributed by atoms with Crippen molar-refractivity contribution in [1.82, 2.24) is 4.90 Å². The lowest BCUT2D eigenvalue weighted by Gasteiger charge is -2.22. The zero-order valence-electron chi connectivity index (χ0n) is 13.7. The fourth-order valence-electron chi connectivity index (χ4n) is 2.62. The fraction of sp³-hybridized carbons (Fsp3) is 0.150. The predicted octanol–water partition coefficient (Wildman–Crippen LogP) is 5.74. The van der Waals surface area contributed by atoms with Crippen molar-refractivity contribution < 1.29 is 9.21 Å². The molecule has 0 bridgehead atoms. The van der Waals surface area contributed by atoms with Gasteiger partial charge in [-0.25, -0.2) is 0 Å². The highest BCUT2D eigenvalue weighted by Gasteiger charge is 2.19. The van der Waals surface area contributed by atoms with Crippen LogP contribution in [0.15, 0.2) is 65.1 Å². The zero-order valence-corrected chi connectivity index (χ0v) is 15.2. The first kappa shape index (κ1) is 17.6. The third-order valence-corrected chi connectivity index (χ3v) is 4.19. The average molecular weight is 374 g/mol. The van der Waals surface area contributed by atoms with Gasteiger partial charge in [-0.15, -0.1) is 0 Å². The van der Waals surface area contributed by atoms with Crippen molar-refractivity contribution in [3.05, 3.63) is 93.4 Å². The van der Waals surface area contributed by atoms with Crippen LogP contribution in [-0.4, -0.2) is 10.8 Å². The molecule has 128 valence electrons. The largest absolute Gasteiger partial charge is 0.464 e. The van der Waals surface area contributed by atoms with E-state index in [9.17, 15) is 4.79 Å². The van der Waals surface area contributed by atoms with E-state index in [1.54, 1.807) is 23.1 Å². The van der Waals surface area contributed by atoms with Gasteiger partial charge in [0, 0.05) is 22.2 Å². The Hall–Kier alpha value is -2.23. The Kier molecular flexibility index (Phi) is 5.47. The molecule has 0 saturated heterocycles. The van der Waals surface area contributed by atoms with Crippen molar-refractivity contribution in [2.24, 2.45) is 0 Å². The minimum absolute atomic E-state index is 0.151. The predicted molar refractivity (Wildman–Crippen MR) is 99.9 cm³/mol. The number of hydrogen-bond acceptors (Lipinski definition) is 2. The molecule has 0 aliphatic heterocycles. The Bertz CT molecular complexity index is 854. The highest BCUT2D eigenvalue weighted by molar-refractivity contribution is 6.35. The number of nitrogens with zero attached hydrogens (tertiary/aromatic N) is 1. The molecular weight excluding hydrogens is 357 g/mol. The zero-order chi connectivity index (χ0) is 17.8. The van der Waals surface area contributed by atoms with Gasteiger partial charge in [0.25, 0.3) is 5.91 Å². The lowest BCUT2D eigenvalue weighted by atomic mass is 10.1. The summed E-state index contributed by atoms with van der Waals surface area (Å²) in [6.07, 6.45) is 0. The maximum absolute atomic E-state index is 13.0. The number of furan rings is 1. The van der Waals surface area contributed by atoms with Crippen molar-refractivity contribution in [2.45, 2.75) is 20.0 Å². The lowest BCUT2D eigenvalue weighted by molar-refractivity contribution is 0.0717. The summed E-state index contributed by atoms with van der Waals surface area (Å²) in [4.78, 5) is 14.7. The van der Waals surface area contributed by atoms with Crippen LogP contribution in [-0.2, 0) is 13.1 Å². The van der Waals surface area contributed by atoms with Crippen LogP contribution in [0.25, 0.3) is 0 Å². The van der Waals surface area contributed by atoms with Crippen molar-refractivity contribution in [1.29, 1.82) is 0 Å². The normalized spacial score (nSPS) is 10.7. The van der Waals surface area contributed by atoms with Crippen LogP contribution in [0.5, 0.6) is 0 Å². The second kappa shape index (κ2) is 7.77. The third-order valence-electron chi connectivity index (χ3n) is 3.76. The second-order valence-corrected chi connectivity index (χ2v) is 6.69. The molecule has 0 N–H and O–H groups in total. The van der Waals surface area contributed by atoms with Gasteiger partial charge in [-0.05, 0) is 42.8 Å². The summed E-state index contributed by atoms with van der Waals surface area (Å²) in [5.41, 5.74) is 1.49. The highest BCUT2D eigenvalue weighted by atomic mass is 35.5. The number of rotatable bonds is 5. The van der Waals surface area contributed by atoms with E-state index in [-0.39, 0.29) is 5.91 Å². The van der Waals surface area contributed by atoms with Crippen LogP contribution in [0.3, 0.4) is 0 Å². The van der Waals surface area contributed by atoms with Gasteiger partial charge in [-0.1, -0.05) is 53.5 Å². The van der Waals surface area contributed by atoms with Crippen LogP contribution >= 0.6 is 23.2 Å². The minimum Gasteiger partial charge on any atom is -0.464 e. The molecule has 1 heterocycles. The van der Waals surface area contributed by atoms with Gasteiger partial charge in [0.05, 0.1) is 6.54 Å². The molecule has 0 spiro atoms. The molecule has 2 aromatic carbocycles. The third kappa shape index (κ3) is 4.65. The maximum Gasteiger partial charge on any atom is 0.254 e. The Morgan fingerprint density at radius 3 is 2.24 bits per heavy atom. The molecule has 25 heavy (non-hydrogen) atoms. The fourth-order valence-corrected chi connectivity index (χ4v) is 3.15. The van der Waals surface area contributed by atoms with E-state index >= 15 is 0 Å². The Balaban J connectivity index is 1.90. The Morgan fingerprint density at radius 2 is 1.64 bits per heavy atom. The van der Waals surface area contributed by atoms with Crippen LogP contribution in [0.2, 0.25) is 10.0 Å². The number of benzene rings is 2. The summed E-state index contributed by atoms with van der Waals surface area (Å²) >= 11 is 12.1. The summed E-state index contributed by atoms with van der Waals surface area (Å²) < 4.78 is 5.64. The SMILES string of the molecule is Cc1ccc(CN(Cc2ccccc2)C(=O)c2cc(Cl)cc(Cl)c2)o1. The molecule has 0 atom stereocenters. The van der Waals surface area contributed by atoms with Crippen molar-refractivity contribution in [3.63, 3.8) is 0 Å². The molecule has 3 nitrogen and oxygen atoms in total. The molecule has 1 aromatic heterocycles. The molecule has 1 amide bonds. The summed E-state index contributed by atoms with van der Waals surface area (Å²) in [6, 6.07) is 18.4. The Morgan fingerprint density at radius 1 is 0.960 bits per heavy atom. The molecule has 0 aliphatic rings. The minimum atomic E-state index is -0.151. The second-order valence-electron chi connectivity index (χ2n) is 5.82. The van der Waals surface area contributed by atoms with E-state index < -0.39 is 0 Å². The smallest absolute Gasteiger partial charge is 0.254 e. The van der Waals surface area contributed by atoms with Crippen LogP contribution in [0.4, 0.5) is 0 Å². The van der Waals surface area contributed by atoms with Crippen LogP contribution in [0, 0.1) is 6.92 Å². The molecule has 3 aromatic rings. The standard InChI is InChI=1S/C20H17Cl2NO2/c1-14-7-8-19(25-14)13-23(12-15-5-3-2-4-6-15)20(24)16-9-17(21)11-18(22)10-16/h2-11H,12-13H2,1H3. The monoisotopic (exact) mass is 373 g/mol. The van der Waals surface area contributed by atoms with E-state index in [2.05, 4.69) is 0 Å². The summed E-state index contributed by atoms with van der Waals surface area (Å²) in [7, 11) is 0. The Labute approximate surface area is 156 Å². The number of hydrogen-bond donors (Lipinski definition) is 0. The van der Waals surface area contributed by atoms with Crippen molar-refractivity contribution in [2.75, 3.05) is 0 Å². The van der Waals surface area contributed by atoms with E-state index in [1.807, 2.05) is 49.4 Å². The van der Waals surface area contributed by atoms with Gasteiger partial charge in [-0.3, -0.25) is 4.79 Å². The van der Waals surface area contributed by atoms with E-state index in [1.165, 1.54) is 0 Å². The lowest BCUT2D eigenvalue weighted by Crippen LogP contribution is -2.30. The molecule has 0 unspecified atom stereocenters. The van der Waals surface area contributed by atoms with Crippen LogP contribution < -0.4 is 0 Å². The van der Waals surface area contributed by atoms with Gasteiger partial charge in [-0.2, -0.15) is 0 Å². The first-order valence-corrected chi connectivity index (χ1v) is 8.61. The molecular formula is C20H17Cl2NO2. The first-order chi connectivity index (χ1) is 12.0. The summed E-state index contributed by atoms with van der Waals surface area (Å²) in [5, 5.41) is 0.869. The number of carbonyl (C=O) groups excluding carboxylic acids is 1. The molecule has 0 aliphatic carbocycles. The van der Waals surface area contributed by atoms with Gasteiger partial charge >= 0.3 is 0 Å². The van der Waals surface area contributed by atoms with E-state index in [4.69, 9.17) is 27.6 Å². The average Bonchev–Trinajstić information content (AvgIpc) is 2.98. The van der Waals surface area contributed by atoms with Crippen molar-refractivity contribution >= 4 is 29.1 Å². The van der Waals surface area contributed by atoms with E-state index in [0.717, 1.165) is 17.1 Å². The van der Waals surface area contributed by atoms with Gasteiger partial charge in [0.15, 0.2) is 0 Å². The topological polar surface area (TPSA) is 33.5 Å². The maximum atomic E-state index is 13.0. The number of carbonyl (C=O) groups is 1. The van der Waals surface area contributed by atoms with E-state index in [0.29, 0.717) is 28.7 Å². The molecule has 5 heteroatoms. The van der Waals surface area contributed by atoms with Gasteiger partial charge < -0.3 is 9.32 Å². The highest BCUT2D eigenvalue weighted by Crippen LogP contribution is 2.22. The van der Waals surface area contributed by atoms with Crippen LogP contribution in [0.1, 0.15) is 27.4 Å². The summed E-state index contributed by atoms with van der Waals surface area (Å²) in [5.74, 6) is 1.39. The molecule has 0 saturated carbocycles. The number of aryl methyl sites for hydroxylation is 1. The quantitative estimate of drug-likeness (QED) is 0.571. The van der Waals surface area contributed by atoms with Gasteiger partial charge in [0.2, 0.25) is 0 Å². The van der Waals surface area contributed by atoms with Crippen molar-refractivity contribution in [3.8, 4) is 0 Å². The first-order valence-electron chi connectivity index (χ1n) is 7.86. The van der Waals surface area contributed by atoms with Gasteiger partial charge in [0.1, 0.15) is 11.5 Å². The summed E-state index contributed by atoms with van der Waals surface area (Å²) in [6.45, 7) is 2.71. The molecule has 0 radical (unpaired) electrons. The number of halogens is 2. The molecule has 0 fully saturated rings. The molecule has 3 rings (SSSR count). The number of amides is 1.